The fourth-order valence-corrected chi connectivity index (χ4v) is 5.64. The van der Waals surface area contributed by atoms with Gasteiger partial charge in [-0.3, -0.25) is 4.79 Å². The highest BCUT2D eigenvalue weighted by Gasteiger charge is 2.43. The van der Waals surface area contributed by atoms with Crippen LogP contribution in [-0.2, 0) is 14.3 Å². The molecule has 26 heavy (non-hydrogen) atoms. The summed E-state index contributed by atoms with van der Waals surface area (Å²) in [7, 11) is 3.86. The number of nitrogens with zero attached hydrogens (tertiary/aromatic N) is 1. The normalized spacial score (nSPS) is 40.4. The molecule has 0 aromatic heterocycles. The summed E-state index contributed by atoms with van der Waals surface area (Å²) in [6.45, 7) is 5.90. The van der Waals surface area contributed by atoms with Gasteiger partial charge >= 0.3 is 0 Å². The van der Waals surface area contributed by atoms with Gasteiger partial charge in [0, 0.05) is 38.1 Å². The lowest BCUT2D eigenvalue weighted by Gasteiger charge is -2.44. The van der Waals surface area contributed by atoms with Crippen molar-refractivity contribution in [3.05, 3.63) is 0 Å². The number of carbonyl (C=O) groups excluding carboxylic acids is 1. The first-order valence-corrected chi connectivity index (χ1v) is 10.6. The van der Waals surface area contributed by atoms with Gasteiger partial charge in [0.15, 0.2) is 6.29 Å². The lowest BCUT2D eigenvalue weighted by atomic mass is 9.61. The highest BCUT2D eigenvalue weighted by Crippen LogP contribution is 2.48. The molecule has 1 amide bonds. The Morgan fingerprint density at radius 3 is 2.58 bits per heavy atom. The van der Waals surface area contributed by atoms with E-state index in [1.165, 1.54) is 25.7 Å². The van der Waals surface area contributed by atoms with Gasteiger partial charge in [0.2, 0.25) is 5.91 Å². The fourth-order valence-electron chi connectivity index (χ4n) is 5.64. The molecule has 6 atom stereocenters. The molecule has 0 spiro atoms. The Morgan fingerprint density at radius 2 is 1.92 bits per heavy atom. The van der Waals surface area contributed by atoms with Gasteiger partial charge in [0.25, 0.3) is 0 Å². The summed E-state index contributed by atoms with van der Waals surface area (Å²) in [5.74, 6) is 1.82. The average molecular weight is 367 g/mol. The molecule has 2 saturated carbocycles. The van der Waals surface area contributed by atoms with Crippen molar-refractivity contribution in [3.8, 4) is 0 Å². The number of ether oxygens (including phenoxy) is 2. The van der Waals surface area contributed by atoms with Crippen LogP contribution < -0.4 is 5.32 Å². The molecule has 1 heterocycles. The molecule has 0 aromatic rings. The minimum Gasteiger partial charge on any atom is -0.356 e. The third-order valence-corrected chi connectivity index (χ3v) is 7.01. The molecule has 2 bridgehead atoms. The fraction of sp³-hybridized carbons (Fsp3) is 0.952. The van der Waals surface area contributed by atoms with Crippen LogP contribution >= 0.6 is 0 Å². The van der Waals surface area contributed by atoms with Crippen molar-refractivity contribution in [2.24, 2.45) is 17.3 Å². The van der Waals surface area contributed by atoms with Crippen molar-refractivity contribution < 1.29 is 14.3 Å². The zero-order chi connectivity index (χ0) is 18.7. The van der Waals surface area contributed by atoms with E-state index in [4.69, 9.17) is 9.47 Å². The van der Waals surface area contributed by atoms with Crippen molar-refractivity contribution in [1.82, 2.24) is 10.2 Å². The Bertz CT molecular complexity index is 472. The Morgan fingerprint density at radius 1 is 1.23 bits per heavy atom. The molecular formula is C21H38N2O3. The van der Waals surface area contributed by atoms with Gasteiger partial charge < -0.3 is 19.7 Å². The van der Waals surface area contributed by atoms with E-state index in [0.717, 1.165) is 50.6 Å². The van der Waals surface area contributed by atoms with Crippen molar-refractivity contribution in [2.45, 2.75) is 83.6 Å². The van der Waals surface area contributed by atoms with Crippen molar-refractivity contribution in [2.75, 3.05) is 27.2 Å². The summed E-state index contributed by atoms with van der Waals surface area (Å²) < 4.78 is 11.2. The third kappa shape index (κ3) is 4.79. The maximum absolute atomic E-state index is 12.9. The molecule has 1 aliphatic heterocycles. The van der Waals surface area contributed by atoms with E-state index in [1.807, 2.05) is 0 Å². The van der Waals surface area contributed by atoms with Gasteiger partial charge in [-0.15, -0.1) is 0 Å². The smallest absolute Gasteiger partial charge is 0.226 e. The van der Waals surface area contributed by atoms with E-state index >= 15 is 0 Å². The first kappa shape index (κ1) is 20.1. The Hall–Kier alpha value is -0.650. The quantitative estimate of drug-likeness (QED) is 0.784. The summed E-state index contributed by atoms with van der Waals surface area (Å²) in [6.07, 6.45) is 9.55. The maximum atomic E-state index is 12.9. The highest BCUT2D eigenvalue weighted by molar-refractivity contribution is 5.82. The molecule has 3 fully saturated rings. The summed E-state index contributed by atoms with van der Waals surface area (Å²) in [5.41, 5.74) is -0.152. The Labute approximate surface area is 159 Å². The average Bonchev–Trinajstić information content (AvgIpc) is 2.60. The van der Waals surface area contributed by atoms with Crippen LogP contribution in [0, 0.1) is 17.3 Å². The standard InChI is InChI=1S/C21H38N2O3/c1-15-10-18(12-19(25-4)26-15)23(3)9-8-22-20(24)21(2)13-16-6-5-7-17(11-16)14-21/h15-19H,5-14H2,1-4H3,(H,22,24)/t15-,16-,17+,18+,19-,21+/m1/s1. The molecule has 3 aliphatic rings. The van der Waals surface area contributed by atoms with Crippen LogP contribution in [0.5, 0.6) is 0 Å². The van der Waals surface area contributed by atoms with Crippen LogP contribution in [0.15, 0.2) is 0 Å². The van der Waals surface area contributed by atoms with E-state index < -0.39 is 0 Å². The van der Waals surface area contributed by atoms with E-state index in [-0.39, 0.29) is 23.7 Å². The molecule has 3 rings (SSSR count). The SMILES string of the molecule is CO[C@H]1C[C@@H](N(C)CCNC(=O)[C@@]2(C)C[C@@H]3CCC[C@@H](C3)C2)C[C@@H](C)O1. The number of methoxy groups -OCH3 is 1. The summed E-state index contributed by atoms with van der Waals surface area (Å²) in [5, 5.41) is 3.25. The Kier molecular flexibility index (Phi) is 6.63. The minimum atomic E-state index is -0.152. The second-order valence-corrected chi connectivity index (χ2v) is 9.34. The van der Waals surface area contributed by atoms with Crippen LogP contribution in [0.1, 0.15) is 65.2 Å². The molecule has 5 heteroatoms. The van der Waals surface area contributed by atoms with Crippen molar-refractivity contribution in [3.63, 3.8) is 0 Å². The molecule has 5 nitrogen and oxygen atoms in total. The number of rotatable bonds is 6. The van der Waals surface area contributed by atoms with Gasteiger partial charge in [-0.1, -0.05) is 26.2 Å². The molecule has 0 unspecified atom stereocenters. The number of nitrogens with one attached hydrogen (secondary N) is 1. The van der Waals surface area contributed by atoms with E-state index in [9.17, 15) is 4.79 Å². The number of amides is 1. The van der Waals surface area contributed by atoms with Gasteiger partial charge in [-0.2, -0.15) is 0 Å². The molecule has 2 aliphatic carbocycles. The molecule has 150 valence electrons. The maximum Gasteiger partial charge on any atom is 0.226 e. The predicted molar refractivity (Wildman–Crippen MR) is 103 cm³/mol. The van der Waals surface area contributed by atoms with E-state index in [2.05, 4.69) is 31.1 Å². The van der Waals surface area contributed by atoms with Gasteiger partial charge in [-0.25, -0.2) is 0 Å². The second kappa shape index (κ2) is 8.57. The van der Waals surface area contributed by atoms with Crippen LogP contribution in [0.25, 0.3) is 0 Å². The van der Waals surface area contributed by atoms with Crippen LogP contribution in [0.2, 0.25) is 0 Å². The largest absolute Gasteiger partial charge is 0.356 e. The highest BCUT2D eigenvalue weighted by atomic mass is 16.7. The zero-order valence-corrected chi connectivity index (χ0v) is 17.1. The lowest BCUT2D eigenvalue weighted by molar-refractivity contribution is -0.189. The molecule has 0 aromatic carbocycles. The summed E-state index contributed by atoms with van der Waals surface area (Å²) >= 11 is 0. The molecular weight excluding hydrogens is 328 g/mol. The number of fused-ring (bicyclic) bond motifs is 2. The minimum absolute atomic E-state index is 0.110. The zero-order valence-electron chi connectivity index (χ0n) is 17.1. The number of carbonyl (C=O) groups is 1. The van der Waals surface area contributed by atoms with Crippen molar-refractivity contribution in [1.29, 1.82) is 0 Å². The molecule has 1 saturated heterocycles. The number of hydrogen-bond donors (Lipinski definition) is 1. The first-order chi connectivity index (χ1) is 12.4. The van der Waals surface area contributed by atoms with E-state index in [1.54, 1.807) is 7.11 Å². The monoisotopic (exact) mass is 366 g/mol. The lowest BCUT2D eigenvalue weighted by Crippen LogP contribution is -2.49. The number of likely N-dealkylation sites (N-methyl/N-ethyl adjacent to an activating group) is 1. The van der Waals surface area contributed by atoms with Crippen molar-refractivity contribution >= 4 is 5.91 Å². The second-order valence-electron chi connectivity index (χ2n) is 9.34. The van der Waals surface area contributed by atoms with E-state index in [0.29, 0.717) is 6.04 Å². The number of hydrogen-bond acceptors (Lipinski definition) is 4. The topological polar surface area (TPSA) is 50.8 Å². The predicted octanol–water partition coefficient (Wildman–Crippen LogP) is 3.18. The Balaban J connectivity index is 1.44. The van der Waals surface area contributed by atoms with Gasteiger partial charge in [0.1, 0.15) is 0 Å². The first-order valence-electron chi connectivity index (χ1n) is 10.6. The van der Waals surface area contributed by atoms with Crippen LogP contribution in [0.4, 0.5) is 0 Å². The third-order valence-electron chi connectivity index (χ3n) is 7.01. The molecule has 1 N–H and O–H groups in total. The summed E-state index contributed by atoms with van der Waals surface area (Å²) in [4.78, 5) is 15.2. The van der Waals surface area contributed by atoms with Gasteiger partial charge in [0.05, 0.1) is 6.10 Å². The molecule has 0 radical (unpaired) electrons. The van der Waals surface area contributed by atoms with Gasteiger partial charge in [-0.05, 0) is 51.5 Å². The van der Waals surface area contributed by atoms with Crippen LogP contribution in [-0.4, -0.2) is 56.5 Å². The van der Waals surface area contributed by atoms with Crippen LogP contribution in [0.3, 0.4) is 0 Å². The summed E-state index contributed by atoms with van der Waals surface area (Å²) in [6, 6.07) is 0.449.